The third-order valence-electron chi connectivity index (χ3n) is 3.23. The smallest absolute Gasteiger partial charge is 0.191 e. The van der Waals surface area contributed by atoms with Crippen LogP contribution >= 0.6 is 35.3 Å². The van der Waals surface area contributed by atoms with Crippen molar-refractivity contribution >= 4 is 41.3 Å². The second-order valence-electron chi connectivity index (χ2n) is 4.81. The highest BCUT2D eigenvalue weighted by atomic mass is 127. The third kappa shape index (κ3) is 5.82. The first-order valence-electron chi connectivity index (χ1n) is 7.23. The van der Waals surface area contributed by atoms with Crippen LogP contribution in [0.15, 0.2) is 29.4 Å². The summed E-state index contributed by atoms with van der Waals surface area (Å²) in [6, 6.07) is 5.84. The molecule has 8 heteroatoms. The number of nitrogens with one attached hydrogen (secondary N) is 2. The number of rotatable bonds is 6. The van der Waals surface area contributed by atoms with Crippen molar-refractivity contribution in [2.45, 2.75) is 20.0 Å². The number of halogens is 1. The van der Waals surface area contributed by atoms with Crippen molar-refractivity contribution in [2.75, 3.05) is 21.3 Å². The Morgan fingerprint density at radius 1 is 1.17 bits per heavy atom. The van der Waals surface area contributed by atoms with Gasteiger partial charge in [0.05, 0.1) is 25.8 Å². The van der Waals surface area contributed by atoms with Crippen LogP contribution in [0.5, 0.6) is 11.5 Å². The molecule has 0 bridgehead atoms. The molecule has 0 spiro atoms. The third-order valence-corrected chi connectivity index (χ3v) is 4.14. The van der Waals surface area contributed by atoms with E-state index < -0.39 is 0 Å². The van der Waals surface area contributed by atoms with Crippen LogP contribution < -0.4 is 20.1 Å². The molecule has 0 unspecified atom stereocenters. The number of aromatic nitrogens is 1. The Balaban J connectivity index is 0.00000288. The summed E-state index contributed by atoms with van der Waals surface area (Å²) in [5.41, 5.74) is 1.08. The number of benzene rings is 1. The van der Waals surface area contributed by atoms with Crippen LogP contribution in [0.1, 0.15) is 15.4 Å². The second-order valence-corrected chi connectivity index (χ2v) is 6.13. The number of guanidine groups is 1. The molecule has 24 heavy (non-hydrogen) atoms. The van der Waals surface area contributed by atoms with Crippen molar-refractivity contribution in [3.8, 4) is 11.5 Å². The average molecular weight is 462 g/mol. The predicted molar refractivity (Wildman–Crippen MR) is 109 cm³/mol. The van der Waals surface area contributed by atoms with Gasteiger partial charge in [-0.1, -0.05) is 6.07 Å². The number of hydrogen-bond acceptors (Lipinski definition) is 5. The van der Waals surface area contributed by atoms with Gasteiger partial charge in [-0.2, -0.15) is 0 Å². The van der Waals surface area contributed by atoms with Crippen LogP contribution in [0.25, 0.3) is 0 Å². The van der Waals surface area contributed by atoms with E-state index in [1.807, 2.05) is 31.3 Å². The molecular weight excluding hydrogens is 439 g/mol. The quantitative estimate of drug-likeness (QED) is 0.393. The van der Waals surface area contributed by atoms with E-state index in [9.17, 15) is 0 Å². The Kier molecular flexibility index (Phi) is 8.83. The molecule has 1 heterocycles. The molecule has 6 nitrogen and oxygen atoms in total. The maximum Gasteiger partial charge on any atom is 0.191 e. The van der Waals surface area contributed by atoms with Gasteiger partial charge in [0.25, 0.3) is 0 Å². The standard InChI is InChI=1S/C16H22N4O2S.HI/c1-11-18-9-13(23-11)10-20-16(17-2)19-8-12-5-6-14(21-3)15(7-12)22-4;/h5-7,9H,8,10H2,1-4H3,(H2,17,19,20);1H. The Bertz CT molecular complexity index is 676. The summed E-state index contributed by atoms with van der Waals surface area (Å²) in [5.74, 6) is 2.18. The summed E-state index contributed by atoms with van der Waals surface area (Å²) in [5, 5.41) is 7.62. The summed E-state index contributed by atoms with van der Waals surface area (Å²) < 4.78 is 10.6. The van der Waals surface area contributed by atoms with E-state index in [0.29, 0.717) is 13.1 Å². The Labute approximate surface area is 163 Å². The number of aliphatic imine (C=N–C) groups is 1. The minimum absolute atomic E-state index is 0. The zero-order valence-corrected chi connectivity index (χ0v) is 17.4. The molecule has 132 valence electrons. The van der Waals surface area contributed by atoms with Gasteiger partial charge in [0.1, 0.15) is 0 Å². The van der Waals surface area contributed by atoms with Crippen molar-refractivity contribution in [3.63, 3.8) is 0 Å². The molecule has 0 saturated carbocycles. The topological polar surface area (TPSA) is 67.8 Å². The van der Waals surface area contributed by atoms with Crippen LogP contribution in [0.2, 0.25) is 0 Å². The zero-order chi connectivity index (χ0) is 16.7. The van der Waals surface area contributed by atoms with Gasteiger partial charge in [-0.05, 0) is 24.6 Å². The first-order valence-corrected chi connectivity index (χ1v) is 8.04. The highest BCUT2D eigenvalue weighted by Crippen LogP contribution is 2.27. The summed E-state index contributed by atoms with van der Waals surface area (Å²) in [7, 11) is 5.01. The molecule has 0 saturated heterocycles. The molecule has 0 fully saturated rings. The minimum atomic E-state index is 0. The lowest BCUT2D eigenvalue weighted by molar-refractivity contribution is 0.354. The van der Waals surface area contributed by atoms with Crippen molar-refractivity contribution in [1.29, 1.82) is 0 Å². The maximum absolute atomic E-state index is 5.31. The van der Waals surface area contributed by atoms with Gasteiger partial charge in [-0.25, -0.2) is 4.98 Å². The summed E-state index contributed by atoms with van der Waals surface area (Å²) in [6.45, 7) is 3.34. The summed E-state index contributed by atoms with van der Waals surface area (Å²) >= 11 is 1.68. The van der Waals surface area contributed by atoms with Gasteiger partial charge < -0.3 is 20.1 Å². The van der Waals surface area contributed by atoms with Crippen molar-refractivity contribution in [3.05, 3.63) is 39.8 Å². The molecule has 2 aromatic rings. The highest BCUT2D eigenvalue weighted by molar-refractivity contribution is 14.0. The minimum Gasteiger partial charge on any atom is -0.493 e. The fourth-order valence-corrected chi connectivity index (χ4v) is 2.79. The van der Waals surface area contributed by atoms with Crippen LogP contribution in [0.4, 0.5) is 0 Å². The van der Waals surface area contributed by atoms with E-state index in [2.05, 4.69) is 20.6 Å². The van der Waals surface area contributed by atoms with Gasteiger partial charge >= 0.3 is 0 Å². The molecular formula is C16H23IN4O2S. The van der Waals surface area contributed by atoms with Gasteiger partial charge in [0.2, 0.25) is 0 Å². The first-order chi connectivity index (χ1) is 11.2. The summed E-state index contributed by atoms with van der Waals surface area (Å²) in [4.78, 5) is 9.64. The van der Waals surface area contributed by atoms with E-state index >= 15 is 0 Å². The molecule has 2 N–H and O–H groups in total. The number of thiazole rings is 1. The van der Waals surface area contributed by atoms with Crippen LogP contribution in [0.3, 0.4) is 0 Å². The largest absolute Gasteiger partial charge is 0.493 e. The Morgan fingerprint density at radius 3 is 2.46 bits per heavy atom. The fraction of sp³-hybridized carbons (Fsp3) is 0.375. The number of aryl methyl sites for hydroxylation is 1. The molecule has 2 rings (SSSR count). The monoisotopic (exact) mass is 462 g/mol. The lowest BCUT2D eigenvalue weighted by atomic mass is 10.2. The lowest BCUT2D eigenvalue weighted by Gasteiger charge is -2.13. The SMILES string of the molecule is CN=C(NCc1ccc(OC)c(OC)c1)NCc1cnc(C)s1.I. The van der Waals surface area contributed by atoms with E-state index in [1.165, 1.54) is 4.88 Å². The maximum atomic E-state index is 5.31. The van der Waals surface area contributed by atoms with Crippen LogP contribution in [-0.2, 0) is 13.1 Å². The van der Waals surface area contributed by atoms with Crippen LogP contribution in [-0.4, -0.2) is 32.2 Å². The van der Waals surface area contributed by atoms with Crippen molar-refractivity contribution in [2.24, 2.45) is 4.99 Å². The van der Waals surface area contributed by atoms with Gasteiger partial charge in [-0.3, -0.25) is 4.99 Å². The molecule has 1 aromatic heterocycles. The lowest BCUT2D eigenvalue weighted by Crippen LogP contribution is -2.36. The highest BCUT2D eigenvalue weighted by Gasteiger charge is 2.06. The number of hydrogen-bond donors (Lipinski definition) is 2. The molecule has 0 amide bonds. The van der Waals surface area contributed by atoms with E-state index in [1.54, 1.807) is 32.6 Å². The second kappa shape index (κ2) is 10.3. The average Bonchev–Trinajstić information content (AvgIpc) is 3.00. The molecule has 1 aromatic carbocycles. The van der Waals surface area contributed by atoms with E-state index in [0.717, 1.165) is 28.0 Å². The van der Waals surface area contributed by atoms with E-state index in [4.69, 9.17) is 9.47 Å². The first kappa shape index (κ1) is 20.5. The number of ether oxygens (including phenoxy) is 2. The van der Waals surface area contributed by atoms with Gasteiger partial charge in [0, 0.05) is 24.7 Å². The molecule has 0 aliphatic rings. The molecule has 0 aliphatic carbocycles. The fourth-order valence-electron chi connectivity index (χ4n) is 2.05. The predicted octanol–water partition coefficient (Wildman–Crippen LogP) is 2.95. The number of nitrogens with zero attached hydrogens (tertiary/aromatic N) is 2. The molecule has 0 atom stereocenters. The Morgan fingerprint density at radius 2 is 1.88 bits per heavy atom. The molecule has 0 aliphatic heterocycles. The zero-order valence-electron chi connectivity index (χ0n) is 14.3. The van der Waals surface area contributed by atoms with Crippen molar-refractivity contribution < 1.29 is 9.47 Å². The normalized spacial score (nSPS) is 10.8. The van der Waals surface area contributed by atoms with E-state index in [-0.39, 0.29) is 24.0 Å². The van der Waals surface area contributed by atoms with Crippen molar-refractivity contribution in [1.82, 2.24) is 15.6 Å². The number of methoxy groups -OCH3 is 2. The molecule has 0 radical (unpaired) electrons. The Hall–Kier alpha value is -1.55. The van der Waals surface area contributed by atoms with Gasteiger partial charge in [-0.15, -0.1) is 35.3 Å². The summed E-state index contributed by atoms with van der Waals surface area (Å²) in [6.07, 6.45) is 1.88. The van der Waals surface area contributed by atoms with Crippen LogP contribution in [0, 0.1) is 6.92 Å². The van der Waals surface area contributed by atoms with Gasteiger partial charge in [0.15, 0.2) is 17.5 Å².